The van der Waals surface area contributed by atoms with Crippen molar-refractivity contribution in [3.63, 3.8) is 0 Å². The summed E-state index contributed by atoms with van der Waals surface area (Å²) in [6, 6.07) is -0.0119. The van der Waals surface area contributed by atoms with Gasteiger partial charge in [-0.25, -0.2) is 8.42 Å². The van der Waals surface area contributed by atoms with Crippen molar-refractivity contribution in [1.82, 2.24) is 10.6 Å². The fourth-order valence-corrected chi connectivity index (χ4v) is 3.37. The van der Waals surface area contributed by atoms with Crippen molar-refractivity contribution in [2.24, 2.45) is 5.92 Å². The van der Waals surface area contributed by atoms with E-state index in [0.29, 0.717) is 17.5 Å². The number of thiocarbonyl (C=S) groups is 1. The second kappa shape index (κ2) is 5.12. The maximum Gasteiger partial charge on any atom is 0.166 e. The zero-order chi connectivity index (χ0) is 11.5. The summed E-state index contributed by atoms with van der Waals surface area (Å²) in [5.74, 6) is 1.01. The van der Waals surface area contributed by atoms with Crippen LogP contribution in [0.5, 0.6) is 0 Å². The molecular formula is C9H18N2O2S2. The Hall–Kier alpha value is -0.360. The van der Waals surface area contributed by atoms with E-state index < -0.39 is 9.84 Å². The van der Waals surface area contributed by atoms with Gasteiger partial charge in [0.1, 0.15) is 0 Å². The molecule has 2 N–H and O–H groups in total. The zero-order valence-electron chi connectivity index (χ0n) is 9.12. The third kappa shape index (κ3) is 4.79. The molecule has 0 aromatic rings. The van der Waals surface area contributed by atoms with E-state index >= 15 is 0 Å². The van der Waals surface area contributed by atoms with Gasteiger partial charge in [0.05, 0.1) is 11.5 Å². The van der Waals surface area contributed by atoms with Gasteiger partial charge in [0.25, 0.3) is 0 Å². The lowest BCUT2D eigenvalue weighted by molar-refractivity contribution is 0.596. The predicted molar refractivity (Wildman–Crippen MR) is 65.6 cm³/mol. The van der Waals surface area contributed by atoms with Gasteiger partial charge in [0.15, 0.2) is 14.9 Å². The maximum atomic E-state index is 11.2. The molecule has 1 heterocycles. The summed E-state index contributed by atoms with van der Waals surface area (Å²) in [6.45, 7) is 5.00. The summed E-state index contributed by atoms with van der Waals surface area (Å²) >= 11 is 5.07. The number of nitrogens with one attached hydrogen (secondary N) is 2. The van der Waals surface area contributed by atoms with Crippen molar-refractivity contribution in [3.05, 3.63) is 0 Å². The Labute approximate surface area is 96.7 Å². The van der Waals surface area contributed by atoms with E-state index in [1.165, 1.54) is 0 Å². The smallest absolute Gasteiger partial charge is 0.166 e. The number of sulfone groups is 1. The molecule has 88 valence electrons. The van der Waals surface area contributed by atoms with Crippen LogP contribution in [0.3, 0.4) is 0 Å². The predicted octanol–water partition coefficient (Wildman–Crippen LogP) is 0.294. The molecule has 0 aromatic heterocycles. The lowest BCUT2D eigenvalue weighted by atomic mass is 10.2. The Morgan fingerprint density at radius 3 is 2.67 bits per heavy atom. The van der Waals surface area contributed by atoms with Gasteiger partial charge >= 0.3 is 0 Å². The Morgan fingerprint density at radius 1 is 1.53 bits per heavy atom. The van der Waals surface area contributed by atoms with Gasteiger partial charge in [0, 0.05) is 12.6 Å². The fraction of sp³-hybridized carbons (Fsp3) is 0.889. The van der Waals surface area contributed by atoms with Gasteiger partial charge < -0.3 is 10.6 Å². The molecule has 1 saturated heterocycles. The third-order valence-corrected chi connectivity index (χ3v) is 4.27. The first-order valence-corrected chi connectivity index (χ1v) is 7.37. The van der Waals surface area contributed by atoms with Crippen molar-refractivity contribution in [1.29, 1.82) is 0 Å². The van der Waals surface area contributed by atoms with Gasteiger partial charge in [-0.3, -0.25) is 0 Å². The molecule has 1 atom stereocenters. The van der Waals surface area contributed by atoms with Gasteiger partial charge in [-0.2, -0.15) is 0 Å². The molecule has 0 radical (unpaired) electrons. The third-order valence-electron chi connectivity index (χ3n) is 2.24. The standard InChI is InChI=1S/C9H18N2O2S2/c1-7(2)5-10-9(14)11-8-3-4-15(12,13)6-8/h7-8H,3-6H2,1-2H3,(H2,10,11,14). The minimum atomic E-state index is -2.82. The van der Waals surface area contributed by atoms with E-state index in [2.05, 4.69) is 24.5 Å². The average molecular weight is 250 g/mol. The topological polar surface area (TPSA) is 58.2 Å². The number of rotatable bonds is 3. The molecule has 0 spiro atoms. The molecule has 0 amide bonds. The van der Waals surface area contributed by atoms with Crippen LogP contribution in [0.4, 0.5) is 0 Å². The van der Waals surface area contributed by atoms with Gasteiger partial charge in [-0.1, -0.05) is 13.8 Å². The first kappa shape index (κ1) is 12.7. The number of hydrogen-bond acceptors (Lipinski definition) is 3. The summed E-state index contributed by atoms with van der Waals surface area (Å²) in [4.78, 5) is 0. The van der Waals surface area contributed by atoms with Crippen LogP contribution in [0.2, 0.25) is 0 Å². The summed E-state index contributed by atoms with van der Waals surface area (Å²) in [7, 11) is -2.82. The monoisotopic (exact) mass is 250 g/mol. The van der Waals surface area contributed by atoms with Gasteiger partial charge in [-0.05, 0) is 24.6 Å². The number of hydrogen-bond donors (Lipinski definition) is 2. The maximum absolute atomic E-state index is 11.2. The Kier molecular flexibility index (Phi) is 4.33. The largest absolute Gasteiger partial charge is 0.362 e. The van der Waals surface area contributed by atoms with E-state index in [4.69, 9.17) is 12.2 Å². The van der Waals surface area contributed by atoms with E-state index in [1.54, 1.807) is 0 Å². The van der Waals surface area contributed by atoms with Crippen LogP contribution in [0, 0.1) is 5.92 Å². The Morgan fingerprint density at radius 2 is 2.20 bits per heavy atom. The van der Waals surface area contributed by atoms with Crippen molar-refractivity contribution in [2.45, 2.75) is 26.3 Å². The molecule has 0 aromatic carbocycles. The van der Waals surface area contributed by atoms with Crippen LogP contribution >= 0.6 is 12.2 Å². The minimum Gasteiger partial charge on any atom is -0.362 e. The van der Waals surface area contributed by atoms with Crippen LogP contribution in [-0.4, -0.2) is 37.6 Å². The van der Waals surface area contributed by atoms with Crippen LogP contribution in [0.25, 0.3) is 0 Å². The van der Waals surface area contributed by atoms with Gasteiger partial charge in [-0.15, -0.1) is 0 Å². The van der Waals surface area contributed by atoms with E-state index in [-0.39, 0.29) is 17.5 Å². The lowest BCUT2D eigenvalue weighted by Gasteiger charge is -2.15. The first-order valence-electron chi connectivity index (χ1n) is 5.14. The highest BCUT2D eigenvalue weighted by Gasteiger charge is 2.27. The summed E-state index contributed by atoms with van der Waals surface area (Å²) in [5, 5.41) is 6.65. The van der Waals surface area contributed by atoms with Crippen molar-refractivity contribution >= 4 is 27.2 Å². The van der Waals surface area contributed by atoms with E-state index in [9.17, 15) is 8.42 Å². The van der Waals surface area contributed by atoms with Gasteiger partial charge in [0.2, 0.25) is 0 Å². The Bertz CT molecular complexity index is 325. The molecule has 0 bridgehead atoms. The van der Waals surface area contributed by atoms with Crippen LogP contribution in [-0.2, 0) is 9.84 Å². The SMILES string of the molecule is CC(C)CNC(=S)NC1CCS(=O)(=O)C1. The molecule has 1 aliphatic rings. The summed E-state index contributed by atoms with van der Waals surface area (Å²) in [6.07, 6.45) is 0.659. The highest BCUT2D eigenvalue weighted by molar-refractivity contribution is 7.91. The Balaban J connectivity index is 2.28. The molecule has 1 unspecified atom stereocenters. The second-order valence-corrected chi connectivity index (χ2v) is 6.99. The molecule has 6 heteroatoms. The van der Waals surface area contributed by atoms with Crippen molar-refractivity contribution in [2.75, 3.05) is 18.1 Å². The van der Waals surface area contributed by atoms with E-state index in [1.807, 2.05) is 0 Å². The minimum absolute atomic E-state index is 0.0119. The summed E-state index contributed by atoms with van der Waals surface area (Å²) in [5.41, 5.74) is 0. The molecule has 1 rings (SSSR count). The lowest BCUT2D eigenvalue weighted by Crippen LogP contribution is -2.43. The zero-order valence-corrected chi connectivity index (χ0v) is 10.7. The average Bonchev–Trinajstić information content (AvgIpc) is 2.42. The molecule has 15 heavy (non-hydrogen) atoms. The highest BCUT2D eigenvalue weighted by Crippen LogP contribution is 2.10. The second-order valence-electron chi connectivity index (χ2n) is 4.35. The molecule has 1 aliphatic heterocycles. The van der Waals surface area contributed by atoms with Crippen LogP contribution in [0.1, 0.15) is 20.3 Å². The highest BCUT2D eigenvalue weighted by atomic mass is 32.2. The van der Waals surface area contributed by atoms with Crippen molar-refractivity contribution < 1.29 is 8.42 Å². The molecule has 0 saturated carbocycles. The van der Waals surface area contributed by atoms with Crippen molar-refractivity contribution in [3.8, 4) is 0 Å². The quantitative estimate of drug-likeness (QED) is 0.705. The molecular weight excluding hydrogens is 232 g/mol. The fourth-order valence-electron chi connectivity index (χ4n) is 1.44. The van der Waals surface area contributed by atoms with E-state index in [0.717, 1.165) is 6.54 Å². The molecule has 4 nitrogen and oxygen atoms in total. The van der Waals surface area contributed by atoms with Crippen LogP contribution in [0.15, 0.2) is 0 Å². The normalized spacial score (nSPS) is 24.1. The summed E-state index contributed by atoms with van der Waals surface area (Å²) < 4.78 is 22.4. The molecule has 0 aliphatic carbocycles. The molecule has 1 fully saturated rings. The van der Waals surface area contributed by atoms with Crippen LogP contribution < -0.4 is 10.6 Å². The first-order chi connectivity index (χ1) is 6.89.